The van der Waals surface area contributed by atoms with Crippen LogP contribution in [-0.2, 0) is 16.0 Å². The van der Waals surface area contributed by atoms with Gasteiger partial charge in [0.2, 0.25) is 0 Å². The van der Waals surface area contributed by atoms with Gasteiger partial charge in [-0.3, -0.25) is 4.79 Å². The van der Waals surface area contributed by atoms with Gasteiger partial charge in [0.05, 0.1) is 13.7 Å². The van der Waals surface area contributed by atoms with Gasteiger partial charge in [-0.2, -0.15) is 0 Å². The Labute approximate surface area is 153 Å². The lowest BCUT2D eigenvalue weighted by atomic mass is 10.0. The standard InChI is InChI=1S/C18H17NO6S/c1-22-18(21)14(11-2-3-12-10(8-11)4-5-23-12)19-17(20)16-15-13(9-26-16)24-6-7-25-15/h2-3,8-9,14H,4-7H2,1H3,(H,19,20). The molecule has 4 rings (SSSR count). The molecule has 7 nitrogen and oxygen atoms in total. The van der Waals surface area contributed by atoms with Crippen molar-refractivity contribution in [2.75, 3.05) is 26.9 Å². The number of carbonyl (C=O) groups excluding carboxylic acids is 2. The topological polar surface area (TPSA) is 83.1 Å². The van der Waals surface area contributed by atoms with Crippen LogP contribution in [0.5, 0.6) is 17.2 Å². The van der Waals surface area contributed by atoms with Crippen molar-refractivity contribution < 1.29 is 28.5 Å². The molecule has 1 aromatic carbocycles. The number of rotatable bonds is 4. The Balaban J connectivity index is 1.60. The minimum atomic E-state index is -0.916. The predicted octanol–water partition coefficient (Wildman–Crippen LogP) is 2.10. The van der Waals surface area contributed by atoms with Crippen LogP contribution in [0.25, 0.3) is 0 Å². The first kappa shape index (κ1) is 16.7. The summed E-state index contributed by atoms with van der Waals surface area (Å²) < 4.78 is 21.4. The van der Waals surface area contributed by atoms with E-state index in [4.69, 9.17) is 18.9 Å². The number of amides is 1. The first-order chi connectivity index (χ1) is 12.7. The highest BCUT2D eigenvalue weighted by Crippen LogP contribution is 2.39. The van der Waals surface area contributed by atoms with Crippen molar-refractivity contribution in [2.24, 2.45) is 0 Å². The summed E-state index contributed by atoms with van der Waals surface area (Å²) in [6.07, 6.45) is 0.772. The SMILES string of the molecule is COC(=O)C(NC(=O)c1scc2c1OCCO2)c1ccc2c(c1)CCO2. The predicted molar refractivity (Wildman–Crippen MR) is 93.2 cm³/mol. The van der Waals surface area contributed by atoms with Crippen molar-refractivity contribution in [3.63, 3.8) is 0 Å². The fourth-order valence-corrected chi connectivity index (χ4v) is 3.83. The maximum atomic E-state index is 12.7. The number of thiophene rings is 1. The molecule has 1 amide bonds. The van der Waals surface area contributed by atoms with Crippen molar-refractivity contribution in [2.45, 2.75) is 12.5 Å². The number of hydrogen-bond acceptors (Lipinski definition) is 7. The van der Waals surface area contributed by atoms with E-state index >= 15 is 0 Å². The molecule has 0 spiro atoms. The number of hydrogen-bond donors (Lipinski definition) is 1. The molecule has 1 N–H and O–H groups in total. The zero-order chi connectivity index (χ0) is 18.1. The van der Waals surface area contributed by atoms with Gasteiger partial charge in [-0.25, -0.2) is 4.79 Å². The fraction of sp³-hybridized carbons (Fsp3) is 0.333. The summed E-state index contributed by atoms with van der Waals surface area (Å²) in [5, 5.41) is 4.47. The monoisotopic (exact) mass is 375 g/mol. The summed E-state index contributed by atoms with van der Waals surface area (Å²) in [6, 6.07) is 4.52. The van der Waals surface area contributed by atoms with Crippen molar-refractivity contribution in [3.05, 3.63) is 39.6 Å². The molecule has 1 aromatic heterocycles. The normalized spacial score (nSPS) is 15.6. The molecule has 0 saturated heterocycles. The van der Waals surface area contributed by atoms with E-state index in [-0.39, 0.29) is 0 Å². The van der Waals surface area contributed by atoms with Crippen LogP contribution in [0, 0.1) is 0 Å². The minimum absolute atomic E-state index is 0.373. The second kappa shape index (κ2) is 6.87. The Morgan fingerprint density at radius 2 is 1.96 bits per heavy atom. The van der Waals surface area contributed by atoms with E-state index < -0.39 is 17.9 Å². The van der Waals surface area contributed by atoms with E-state index in [2.05, 4.69) is 5.32 Å². The van der Waals surface area contributed by atoms with Gasteiger partial charge in [-0.1, -0.05) is 6.07 Å². The lowest BCUT2D eigenvalue weighted by Crippen LogP contribution is -2.34. The summed E-state index contributed by atoms with van der Waals surface area (Å²) in [4.78, 5) is 25.4. The second-order valence-electron chi connectivity index (χ2n) is 5.85. The number of methoxy groups -OCH3 is 1. The molecule has 0 saturated carbocycles. The summed E-state index contributed by atoms with van der Waals surface area (Å²) in [5.74, 6) is 0.829. The zero-order valence-corrected chi connectivity index (χ0v) is 14.9. The number of nitrogens with one attached hydrogen (secondary N) is 1. The van der Waals surface area contributed by atoms with E-state index in [1.165, 1.54) is 18.4 Å². The van der Waals surface area contributed by atoms with Crippen LogP contribution in [0.15, 0.2) is 23.6 Å². The third-order valence-corrected chi connectivity index (χ3v) is 5.20. The van der Waals surface area contributed by atoms with E-state index in [0.717, 1.165) is 17.7 Å². The van der Waals surface area contributed by atoms with Crippen molar-refractivity contribution in [3.8, 4) is 17.2 Å². The average molecular weight is 375 g/mol. The third-order valence-electron chi connectivity index (χ3n) is 4.27. The summed E-state index contributed by atoms with van der Waals surface area (Å²) in [7, 11) is 1.29. The minimum Gasteiger partial charge on any atom is -0.493 e. The number of carbonyl (C=O) groups is 2. The largest absolute Gasteiger partial charge is 0.493 e. The maximum absolute atomic E-state index is 12.7. The molecule has 0 radical (unpaired) electrons. The molecule has 1 atom stereocenters. The highest BCUT2D eigenvalue weighted by molar-refractivity contribution is 7.12. The molecule has 0 bridgehead atoms. The summed E-state index contributed by atoms with van der Waals surface area (Å²) in [6.45, 7) is 1.45. The summed E-state index contributed by atoms with van der Waals surface area (Å²) in [5.41, 5.74) is 1.66. The van der Waals surface area contributed by atoms with Crippen LogP contribution in [0.1, 0.15) is 26.8 Å². The molecule has 2 aliphatic heterocycles. The Morgan fingerprint density at radius 1 is 1.15 bits per heavy atom. The second-order valence-corrected chi connectivity index (χ2v) is 6.73. The highest BCUT2D eigenvalue weighted by atomic mass is 32.1. The first-order valence-electron chi connectivity index (χ1n) is 8.19. The lowest BCUT2D eigenvalue weighted by molar-refractivity contribution is -0.143. The van der Waals surface area contributed by atoms with Crippen LogP contribution in [-0.4, -0.2) is 38.8 Å². The van der Waals surface area contributed by atoms with Crippen LogP contribution in [0.4, 0.5) is 0 Å². The van der Waals surface area contributed by atoms with E-state index in [9.17, 15) is 9.59 Å². The number of esters is 1. The van der Waals surface area contributed by atoms with E-state index in [1.807, 2.05) is 12.1 Å². The molecule has 1 unspecified atom stereocenters. The smallest absolute Gasteiger partial charge is 0.333 e. The highest BCUT2D eigenvalue weighted by Gasteiger charge is 2.29. The molecule has 2 aliphatic rings. The number of benzene rings is 1. The number of fused-ring (bicyclic) bond motifs is 2. The average Bonchev–Trinajstić information content (AvgIpc) is 3.31. The molecule has 0 fully saturated rings. The lowest BCUT2D eigenvalue weighted by Gasteiger charge is -2.19. The Kier molecular flexibility index (Phi) is 4.42. The Bertz CT molecular complexity index is 861. The summed E-state index contributed by atoms with van der Waals surface area (Å²) >= 11 is 1.22. The fourth-order valence-electron chi connectivity index (χ4n) is 3.00. The van der Waals surface area contributed by atoms with Gasteiger partial charge < -0.3 is 24.3 Å². The molecule has 2 aromatic rings. The van der Waals surface area contributed by atoms with Crippen molar-refractivity contribution in [1.82, 2.24) is 5.32 Å². The molecular formula is C18H17NO6S. The Hall–Kier alpha value is -2.74. The van der Waals surface area contributed by atoms with Gasteiger partial charge in [-0.05, 0) is 23.3 Å². The molecule has 3 heterocycles. The van der Waals surface area contributed by atoms with Crippen LogP contribution < -0.4 is 19.5 Å². The van der Waals surface area contributed by atoms with Gasteiger partial charge >= 0.3 is 5.97 Å². The van der Waals surface area contributed by atoms with Crippen LogP contribution in [0.2, 0.25) is 0 Å². The molecule has 8 heteroatoms. The van der Waals surface area contributed by atoms with Gasteiger partial charge in [0.15, 0.2) is 17.5 Å². The molecule has 136 valence electrons. The maximum Gasteiger partial charge on any atom is 0.333 e. The van der Waals surface area contributed by atoms with Gasteiger partial charge in [0.1, 0.15) is 23.8 Å². The quantitative estimate of drug-likeness (QED) is 0.824. The third kappa shape index (κ3) is 2.96. The molecule has 26 heavy (non-hydrogen) atoms. The number of ether oxygens (including phenoxy) is 4. The van der Waals surface area contributed by atoms with Crippen molar-refractivity contribution in [1.29, 1.82) is 0 Å². The van der Waals surface area contributed by atoms with Gasteiger partial charge in [-0.15, -0.1) is 11.3 Å². The van der Waals surface area contributed by atoms with E-state index in [1.54, 1.807) is 11.4 Å². The van der Waals surface area contributed by atoms with Gasteiger partial charge in [0.25, 0.3) is 5.91 Å². The van der Waals surface area contributed by atoms with Crippen LogP contribution in [0.3, 0.4) is 0 Å². The van der Waals surface area contributed by atoms with E-state index in [0.29, 0.717) is 41.8 Å². The van der Waals surface area contributed by atoms with Crippen molar-refractivity contribution >= 4 is 23.2 Å². The Morgan fingerprint density at radius 3 is 2.81 bits per heavy atom. The first-order valence-corrected chi connectivity index (χ1v) is 9.06. The molecular weight excluding hydrogens is 358 g/mol. The molecule has 0 aliphatic carbocycles. The van der Waals surface area contributed by atoms with Gasteiger partial charge in [0, 0.05) is 11.8 Å². The zero-order valence-electron chi connectivity index (χ0n) is 14.1. The van der Waals surface area contributed by atoms with Crippen LogP contribution >= 0.6 is 11.3 Å².